The topological polar surface area (TPSA) is 43.4 Å². The van der Waals surface area contributed by atoms with Crippen LogP contribution >= 0.6 is 0 Å². The van der Waals surface area contributed by atoms with Crippen molar-refractivity contribution in [2.24, 2.45) is 5.41 Å². The number of carbonyl (C=O) groups is 2. The van der Waals surface area contributed by atoms with Crippen molar-refractivity contribution in [2.75, 3.05) is 0 Å². The summed E-state index contributed by atoms with van der Waals surface area (Å²) in [7, 11) is 0. The summed E-state index contributed by atoms with van der Waals surface area (Å²) in [6, 6.07) is 0. The summed E-state index contributed by atoms with van der Waals surface area (Å²) in [4.78, 5) is 21.8. The molecule has 0 aromatic rings. The molecule has 0 radical (unpaired) electrons. The Morgan fingerprint density at radius 3 is 2.00 bits per heavy atom. The first kappa shape index (κ1) is 16.1. The average molecular weight is 206 g/mol. The SMILES string of the molecule is C=CC(=O)OC(=O)C(=C)C(C)(C)C.[NaH]. The van der Waals surface area contributed by atoms with E-state index >= 15 is 0 Å². The molecule has 0 spiro atoms. The zero-order chi connectivity index (χ0) is 10.6. The molecule has 0 amide bonds. The summed E-state index contributed by atoms with van der Waals surface area (Å²) >= 11 is 0. The van der Waals surface area contributed by atoms with Crippen molar-refractivity contribution >= 4 is 41.5 Å². The van der Waals surface area contributed by atoms with E-state index in [4.69, 9.17) is 0 Å². The zero-order valence-electron chi connectivity index (χ0n) is 8.22. The van der Waals surface area contributed by atoms with Crippen LogP contribution in [0.15, 0.2) is 24.8 Å². The molecule has 14 heavy (non-hydrogen) atoms. The van der Waals surface area contributed by atoms with E-state index in [-0.39, 0.29) is 35.1 Å². The van der Waals surface area contributed by atoms with Gasteiger partial charge >= 0.3 is 41.5 Å². The molecule has 0 rings (SSSR count). The maximum absolute atomic E-state index is 11.2. The molecule has 0 atom stereocenters. The van der Waals surface area contributed by atoms with Gasteiger partial charge in [0.1, 0.15) is 0 Å². The van der Waals surface area contributed by atoms with E-state index in [1.807, 2.05) is 20.8 Å². The summed E-state index contributed by atoms with van der Waals surface area (Å²) in [5.74, 6) is -1.45. The van der Waals surface area contributed by atoms with Crippen LogP contribution in [-0.4, -0.2) is 41.5 Å². The predicted molar refractivity (Wildman–Crippen MR) is 57.0 cm³/mol. The molecule has 4 heteroatoms. The summed E-state index contributed by atoms with van der Waals surface area (Å²) in [6.07, 6.45) is 0.938. The third kappa shape index (κ3) is 5.37. The molecule has 0 aromatic heterocycles. The van der Waals surface area contributed by atoms with Gasteiger partial charge in [-0.3, -0.25) is 0 Å². The van der Waals surface area contributed by atoms with Crippen molar-refractivity contribution < 1.29 is 14.3 Å². The van der Waals surface area contributed by atoms with Crippen LogP contribution in [0.25, 0.3) is 0 Å². The van der Waals surface area contributed by atoms with E-state index in [2.05, 4.69) is 17.9 Å². The Morgan fingerprint density at radius 2 is 1.71 bits per heavy atom. The van der Waals surface area contributed by atoms with Gasteiger partial charge in [-0.25, -0.2) is 9.59 Å². The van der Waals surface area contributed by atoms with E-state index in [0.29, 0.717) is 0 Å². The van der Waals surface area contributed by atoms with Gasteiger partial charge in [0, 0.05) is 11.6 Å². The fourth-order valence-electron chi connectivity index (χ4n) is 0.501. The second-order valence-corrected chi connectivity index (χ2v) is 3.64. The van der Waals surface area contributed by atoms with Crippen molar-refractivity contribution in [3.8, 4) is 0 Å². The monoisotopic (exact) mass is 206 g/mol. The number of esters is 2. The molecule has 0 aromatic carbocycles. The van der Waals surface area contributed by atoms with Gasteiger partial charge in [-0.15, -0.1) is 0 Å². The quantitative estimate of drug-likeness (QED) is 0.295. The van der Waals surface area contributed by atoms with E-state index in [1.54, 1.807) is 0 Å². The molecule has 0 aliphatic heterocycles. The first-order chi connectivity index (χ1) is 5.79. The first-order valence-corrected chi connectivity index (χ1v) is 3.87. The molecule has 74 valence electrons. The molecule has 3 nitrogen and oxygen atoms in total. The summed E-state index contributed by atoms with van der Waals surface area (Å²) < 4.78 is 4.39. The average Bonchev–Trinajstić information content (AvgIpc) is 2.01. The van der Waals surface area contributed by atoms with Gasteiger partial charge < -0.3 is 4.74 Å². The van der Waals surface area contributed by atoms with Gasteiger partial charge in [0.15, 0.2) is 0 Å². The third-order valence-corrected chi connectivity index (χ3v) is 1.51. The van der Waals surface area contributed by atoms with E-state index < -0.39 is 17.4 Å². The van der Waals surface area contributed by atoms with Crippen LogP contribution in [0.4, 0.5) is 0 Å². The third-order valence-electron chi connectivity index (χ3n) is 1.51. The van der Waals surface area contributed by atoms with Crippen LogP contribution in [0.1, 0.15) is 20.8 Å². The second-order valence-electron chi connectivity index (χ2n) is 3.64. The van der Waals surface area contributed by atoms with E-state index in [9.17, 15) is 9.59 Å². The number of hydrogen-bond donors (Lipinski definition) is 0. The maximum atomic E-state index is 11.2. The van der Waals surface area contributed by atoms with Crippen molar-refractivity contribution in [3.63, 3.8) is 0 Å². The van der Waals surface area contributed by atoms with Crippen molar-refractivity contribution in [1.29, 1.82) is 0 Å². The van der Waals surface area contributed by atoms with Crippen LogP contribution < -0.4 is 0 Å². The molecule has 0 aliphatic rings. The first-order valence-electron chi connectivity index (χ1n) is 3.87. The number of hydrogen-bond acceptors (Lipinski definition) is 3. The fourth-order valence-corrected chi connectivity index (χ4v) is 0.501. The minimum atomic E-state index is -0.754. The zero-order valence-corrected chi connectivity index (χ0v) is 8.22. The molecule has 0 saturated heterocycles. The van der Waals surface area contributed by atoms with Crippen LogP contribution in [0, 0.1) is 5.41 Å². The molecule has 0 heterocycles. The Bertz CT molecular complexity index is 261. The minimum absolute atomic E-state index is 0. The van der Waals surface area contributed by atoms with Gasteiger partial charge in [0.05, 0.1) is 0 Å². The van der Waals surface area contributed by atoms with Crippen LogP contribution in [-0.2, 0) is 14.3 Å². The molecular formula is C10H15NaO3. The number of ether oxygens (including phenoxy) is 1. The normalized spacial score (nSPS) is 9.64. The predicted octanol–water partition coefficient (Wildman–Crippen LogP) is 1.20. The van der Waals surface area contributed by atoms with Crippen LogP contribution in [0.3, 0.4) is 0 Å². The summed E-state index contributed by atoms with van der Waals surface area (Å²) in [5, 5.41) is 0. The standard InChI is InChI=1S/C10H14O3.Na.H/c1-6-8(11)13-9(12)7(2)10(3,4)5;;/h6H,1-2H2,3-5H3;;. The van der Waals surface area contributed by atoms with Crippen molar-refractivity contribution in [3.05, 3.63) is 24.8 Å². The molecule has 0 saturated carbocycles. The van der Waals surface area contributed by atoms with E-state index in [1.165, 1.54) is 0 Å². The van der Waals surface area contributed by atoms with Gasteiger partial charge in [-0.05, 0) is 5.41 Å². The van der Waals surface area contributed by atoms with Crippen LogP contribution in [0.5, 0.6) is 0 Å². The Hall–Kier alpha value is -0.380. The molecule has 0 bridgehead atoms. The van der Waals surface area contributed by atoms with Crippen molar-refractivity contribution in [2.45, 2.75) is 20.8 Å². The van der Waals surface area contributed by atoms with Gasteiger partial charge in [0.25, 0.3) is 0 Å². The summed E-state index contributed by atoms with van der Waals surface area (Å²) in [6.45, 7) is 12.2. The van der Waals surface area contributed by atoms with E-state index in [0.717, 1.165) is 6.08 Å². The Labute approximate surface area is 106 Å². The van der Waals surface area contributed by atoms with Gasteiger partial charge in [-0.2, -0.15) is 0 Å². The van der Waals surface area contributed by atoms with Gasteiger partial charge in [-0.1, -0.05) is 33.9 Å². The Kier molecular flexibility index (Phi) is 7.08. The number of rotatable bonds is 2. The molecular weight excluding hydrogens is 191 g/mol. The molecule has 0 aliphatic carbocycles. The van der Waals surface area contributed by atoms with Gasteiger partial charge in [0.2, 0.25) is 0 Å². The van der Waals surface area contributed by atoms with Crippen LogP contribution in [0.2, 0.25) is 0 Å². The molecule has 0 N–H and O–H groups in total. The molecule has 0 fully saturated rings. The Morgan fingerprint density at radius 1 is 1.29 bits per heavy atom. The second kappa shape index (κ2) is 6.17. The summed E-state index contributed by atoms with van der Waals surface area (Å²) in [5.41, 5.74) is -0.124. The Balaban J connectivity index is 0. The van der Waals surface area contributed by atoms with Crippen molar-refractivity contribution in [1.82, 2.24) is 0 Å². The molecule has 0 unspecified atom stereocenters. The number of carbonyl (C=O) groups excluding carboxylic acids is 2. The fraction of sp³-hybridized carbons (Fsp3) is 0.400.